The monoisotopic (exact) mass is 287 g/mol. The molecule has 1 unspecified atom stereocenters. The van der Waals surface area contributed by atoms with E-state index in [2.05, 4.69) is 27.7 Å². The number of halogens is 2. The average molecular weight is 288 g/mol. The molecule has 0 bridgehead atoms. The number of hydrogen-bond donors (Lipinski definition) is 1. The summed E-state index contributed by atoms with van der Waals surface area (Å²) in [6, 6.07) is 0.309. The molecule has 1 heterocycles. The van der Waals surface area contributed by atoms with Crippen molar-refractivity contribution >= 4 is 35.0 Å². The summed E-state index contributed by atoms with van der Waals surface area (Å²) in [7, 11) is 0. The van der Waals surface area contributed by atoms with E-state index in [0.717, 1.165) is 3.57 Å². The van der Waals surface area contributed by atoms with Crippen LogP contribution in [0.2, 0.25) is 0 Å². The van der Waals surface area contributed by atoms with Gasteiger partial charge in [0.1, 0.15) is 0 Å². The molecule has 5 heteroatoms. The molecule has 0 radical (unpaired) electrons. The number of nitrogens with zero attached hydrogens (tertiary/aromatic N) is 2. The van der Waals surface area contributed by atoms with Gasteiger partial charge < -0.3 is 5.73 Å². The molecule has 0 spiro atoms. The third-order valence-electron chi connectivity index (χ3n) is 1.36. The lowest BCUT2D eigenvalue weighted by molar-refractivity contribution is 0.500. The van der Waals surface area contributed by atoms with Crippen molar-refractivity contribution < 1.29 is 0 Å². The number of nitrogens with two attached hydrogens (primary N) is 1. The van der Waals surface area contributed by atoms with Gasteiger partial charge in [-0.2, -0.15) is 5.10 Å². The number of hydrogen-bond acceptors (Lipinski definition) is 2. The molecule has 64 valence electrons. The van der Waals surface area contributed by atoms with Gasteiger partial charge in [-0.15, -0.1) is 12.4 Å². The van der Waals surface area contributed by atoms with E-state index in [0.29, 0.717) is 12.6 Å². The second-order valence-electron chi connectivity index (χ2n) is 2.22. The Morgan fingerprint density at radius 2 is 2.45 bits per heavy atom. The molecule has 0 amide bonds. The van der Waals surface area contributed by atoms with Crippen LogP contribution in [-0.2, 0) is 0 Å². The summed E-state index contributed by atoms with van der Waals surface area (Å²) in [5.41, 5.74) is 5.45. The molecule has 1 aromatic rings. The molecule has 0 saturated carbocycles. The van der Waals surface area contributed by atoms with Gasteiger partial charge in [0.2, 0.25) is 0 Å². The molecule has 1 aromatic heterocycles. The molecule has 0 aliphatic rings. The highest BCUT2D eigenvalue weighted by molar-refractivity contribution is 14.1. The Labute approximate surface area is 85.9 Å². The number of aromatic nitrogens is 2. The Bertz CT molecular complexity index is 213. The van der Waals surface area contributed by atoms with Crippen LogP contribution in [0.5, 0.6) is 0 Å². The Morgan fingerprint density at radius 1 is 1.82 bits per heavy atom. The summed E-state index contributed by atoms with van der Waals surface area (Å²) in [6.07, 6.45) is 3.81. The second kappa shape index (κ2) is 4.95. The molecule has 2 N–H and O–H groups in total. The van der Waals surface area contributed by atoms with Crippen molar-refractivity contribution in [1.82, 2.24) is 9.78 Å². The van der Waals surface area contributed by atoms with Gasteiger partial charge in [0.05, 0.1) is 15.8 Å². The zero-order chi connectivity index (χ0) is 7.56. The quantitative estimate of drug-likeness (QED) is 0.836. The van der Waals surface area contributed by atoms with Gasteiger partial charge in [0.25, 0.3) is 0 Å². The molecule has 0 aliphatic carbocycles. The Hall–Kier alpha value is 0.190. The van der Waals surface area contributed by atoms with Crippen molar-refractivity contribution in [2.45, 2.75) is 13.0 Å². The molecule has 1 rings (SSSR count). The molecule has 11 heavy (non-hydrogen) atoms. The molecule has 3 nitrogen and oxygen atoms in total. The second-order valence-corrected chi connectivity index (χ2v) is 3.47. The lowest BCUT2D eigenvalue weighted by Crippen LogP contribution is -2.16. The average Bonchev–Trinajstić information content (AvgIpc) is 2.34. The van der Waals surface area contributed by atoms with E-state index in [1.165, 1.54) is 0 Å². The van der Waals surface area contributed by atoms with Gasteiger partial charge in [-0.05, 0) is 29.5 Å². The topological polar surface area (TPSA) is 43.8 Å². The van der Waals surface area contributed by atoms with Gasteiger partial charge in [0, 0.05) is 12.7 Å². The maximum absolute atomic E-state index is 5.45. The highest BCUT2D eigenvalue weighted by atomic mass is 127. The van der Waals surface area contributed by atoms with E-state index in [-0.39, 0.29) is 12.4 Å². The molecule has 0 aliphatic heterocycles. The highest BCUT2D eigenvalue weighted by Gasteiger charge is 2.01. The molecular formula is C6H11ClIN3. The van der Waals surface area contributed by atoms with E-state index in [1.54, 1.807) is 0 Å². The fourth-order valence-electron chi connectivity index (χ4n) is 0.664. The predicted octanol–water partition coefficient (Wildman–Crippen LogP) is 1.43. The summed E-state index contributed by atoms with van der Waals surface area (Å²) in [5, 5.41) is 4.12. The van der Waals surface area contributed by atoms with Crippen LogP contribution in [0.4, 0.5) is 0 Å². The minimum atomic E-state index is 0. The van der Waals surface area contributed by atoms with Crippen LogP contribution in [0.15, 0.2) is 12.4 Å². The highest BCUT2D eigenvalue weighted by Crippen LogP contribution is 2.06. The van der Waals surface area contributed by atoms with Crippen LogP contribution in [0.3, 0.4) is 0 Å². The zero-order valence-electron chi connectivity index (χ0n) is 6.20. The lowest BCUT2D eigenvalue weighted by Gasteiger charge is -2.06. The Morgan fingerprint density at radius 3 is 2.82 bits per heavy atom. The summed E-state index contributed by atoms with van der Waals surface area (Å²) < 4.78 is 3.03. The van der Waals surface area contributed by atoms with Crippen molar-refractivity contribution in [2.24, 2.45) is 5.73 Å². The van der Waals surface area contributed by atoms with Crippen LogP contribution >= 0.6 is 35.0 Å². The summed E-state index contributed by atoms with van der Waals surface area (Å²) >= 11 is 2.23. The lowest BCUT2D eigenvalue weighted by atomic mass is 10.3. The smallest absolute Gasteiger partial charge is 0.0623 e. The largest absolute Gasteiger partial charge is 0.328 e. The maximum Gasteiger partial charge on any atom is 0.0623 e. The standard InChI is InChI=1S/C6H10IN3.ClH/c1-5(2-8)10-4-6(7)3-9-10;/h3-5H,2,8H2,1H3;1H. The van der Waals surface area contributed by atoms with Gasteiger partial charge in [-0.25, -0.2) is 0 Å². The summed E-state index contributed by atoms with van der Waals surface area (Å²) in [6.45, 7) is 2.68. The first-order valence-electron chi connectivity index (χ1n) is 3.13. The summed E-state index contributed by atoms with van der Waals surface area (Å²) in [4.78, 5) is 0. The third-order valence-corrected chi connectivity index (χ3v) is 1.92. The van der Waals surface area contributed by atoms with E-state index < -0.39 is 0 Å². The third kappa shape index (κ3) is 2.96. The molecule has 1 atom stereocenters. The van der Waals surface area contributed by atoms with Crippen LogP contribution in [0, 0.1) is 3.57 Å². The molecule has 0 fully saturated rings. The fraction of sp³-hybridized carbons (Fsp3) is 0.500. The van der Waals surface area contributed by atoms with Crippen molar-refractivity contribution in [2.75, 3.05) is 6.54 Å². The first-order valence-corrected chi connectivity index (χ1v) is 4.21. The Balaban J connectivity index is 0.000001000. The summed E-state index contributed by atoms with van der Waals surface area (Å²) in [5.74, 6) is 0. The SMILES string of the molecule is CC(CN)n1cc(I)cn1.Cl. The molecule has 0 aromatic carbocycles. The van der Waals surface area contributed by atoms with Gasteiger partial charge in [-0.1, -0.05) is 0 Å². The fourth-order valence-corrected chi connectivity index (χ4v) is 1.07. The minimum Gasteiger partial charge on any atom is -0.328 e. The van der Waals surface area contributed by atoms with Gasteiger partial charge in [0.15, 0.2) is 0 Å². The number of rotatable bonds is 2. The van der Waals surface area contributed by atoms with E-state index in [9.17, 15) is 0 Å². The first-order chi connectivity index (χ1) is 4.74. The Kier molecular flexibility index (Phi) is 5.03. The molecule has 0 saturated heterocycles. The van der Waals surface area contributed by atoms with Gasteiger partial charge in [-0.3, -0.25) is 4.68 Å². The van der Waals surface area contributed by atoms with E-state index in [4.69, 9.17) is 5.73 Å². The maximum atomic E-state index is 5.45. The van der Waals surface area contributed by atoms with Crippen LogP contribution in [-0.4, -0.2) is 16.3 Å². The first kappa shape index (κ1) is 11.2. The van der Waals surface area contributed by atoms with Crippen molar-refractivity contribution in [1.29, 1.82) is 0 Å². The van der Waals surface area contributed by atoms with Crippen molar-refractivity contribution in [3.05, 3.63) is 16.0 Å². The normalized spacial score (nSPS) is 12.3. The zero-order valence-corrected chi connectivity index (χ0v) is 9.17. The van der Waals surface area contributed by atoms with Crippen LogP contribution in [0.25, 0.3) is 0 Å². The van der Waals surface area contributed by atoms with Crippen LogP contribution < -0.4 is 5.73 Å². The van der Waals surface area contributed by atoms with Gasteiger partial charge >= 0.3 is 0 Å². The predicted molar refractivity (Wildman–Crippen MR) is 56.0 cm³/mol. The van der Waals surface area contributed by atoms with E-state index >= 15 is 0 Å². The molecular weight excluding hydrogens is 276 g/mol. The van der Waals surface area contributed by atoms with Crippen molar-refractivity contribution in [3.63, 3.8) is 0 Å². The van der Waals surface area contributed by atoms with E-state index in [1.807, 2.05) is 24.0 Å². The van der Waals surface area contributed by atoms with Crippen molar-refractivity contribution in [3.8, 4) is 0 Å². The minimum absolute atomic E-state index is 0. The van der Waals surface area contributed by atoms with Crippen LogP contribution in [0.1, 0.15) is 13.0 Å².